The van der Waals surface area contributed by atoms with Crippen LogP contribution in [0.1, 0.15) is 5.56 Å². The van der Waals surface area contributed by atoms with Gasteiger partial charge in [0.05, 0.1) is 20.3 Å². The third kappa shape index (κ3) is 5.86. The van der Waals surface area contributed by atoms with E-state index >= 15 is 0 Å². The van der Waals surface area contributed by atoms with Crippen molar-refractivity contribution in [3.63, 3.8) is 0 Å². The summed E-state index contributed by atoms with van der Waals surface area (Å²) in [5.74, 6) is 0.788. The minimum absolute atomic E-state index is 0.0745. The highest BCUT2D eigenvalue weighted by molar-refractivity contribution is 5.74. The van der Waals surface area contributed by atoms with E-state index in [9.17, 15) is 4.79 Å². The second-order valence-corrected chi connectivity index (χ2v) is 6.81. The number of nitrogens with one attached hydrogen (secondary N) is 1. The zero-order chi connectivity index (χ0) is 18.9. The Balaban J connectivity index is 1.97. The van der Waals surface area contributed by atoms with E-state index in [0.717, 1.165) is 30.9 Å². The van der Waals surface area contributed by atoms with Gasteiger partial charge in [-0.1, -0.05) is 18.2 Å². The number of ether oxygens (including phenoxy) is 2. The first-order valence-corrected chi connectivity index (χ1v) is 9.07. The number of carbonyl (C=O) groups excluding carboxylic acids is 1. The van der Waals surface area contributed by atoms with E-state index in [4.69, 9.17) is 9.47 Å². The fourth-order valence-corrected chi connectivity index (χ4v) is 3.13. The van der Waals surface area contributed by atoms with Crippen molar-refractivity contribution in [3.05, 3.63) is 29.8 Å². The largest absolute Gasteiger partial charge is 0.496 e. The minimum atomic E-state index is -0.0745. The number of hydrogen-bond acceptors (Lipinski definition) is 5. The molecule has 0 bridgehead atoms. The maximum absolute atomic E-state index is 12.8. The molecule has 26 heavy (non-hydrogen) atoms. The molecular formula is C19H32N4O3. The lowest BCUT2D eigenvalue weighted by Crippen LogP contribution is -2.55. The smallest absolute Gasteiger partial charge is 0.317 e. The molecule has 146 valence electrons. The molecule has 1 aliphatic heterocycles. The maximum atomic E-state index is 12.8. The summed E-state index contributed by atoms with van der Waals surface area (Å²) in [5.41, 5.74) is 0.982. The van der Waals surface area contributed by atoms with Crippen molar-refractivity contribution in [2.75, 3.05) is 67.6 Å². The molecule has 1 aromatic rings. The molecule has 0 saturated carbocycles. The quantitative estimate of drug-likeness (QED) is 0.749. The fraction of sp³-hybridized carbons (Fsp3) is 0.632. The van der Waals surface area contributed by atoms with Crippen LogP contribution in [0.4, 0.5) is 4.79 Å². The number of benzene rings is 1. The van der Waals surface area contributed by atoms with E-state index in [-0.39, 0.29) is 6.03 Å². The highest BCUT2D eigenvalue weighted by Crippen LogP contribution is 2.19. The summed E-state index contributed by atoms with van der Waals surface area (Å²) >= 11 is 0. The van der Waals surface area contributed by atoms with Crippen molar-refractivity contribution in [1.82, 2.24) is 20.0 Å². The third-order valence-electron chi connectivity index (χ3n) is 4.88. The lowest BCUT2D eigenvalue weighted by molar-refractivity contribution is 0.110. The Morgan fingerprint density at radius 1 is 1.27 bits per heavy atom. The molecule has 7 nitrogen and oxygen atoms in total. The van der Waals surface area contributed by atoms with Crippen LogP contribution in [0.15, 0.2) is 24.3 Å². The number of rotatable bonds is 8. The predicted molar refractivity (Wildman–Crippen MR) is 103 cm³/mol. The van der Waals surface area contributed by atoms with Crippen LogP contribution < -0.4 is 10.1 Å². The molecule has 0 aliphatic carbocycles. The lowest BCUT2D eigenvalue weighted by Gasteiger charge is -2.38. The van der Waals surface area contributed by atoms with Gasteiger partial charge in [-0.15, -0.1) is 0 Å². The summed E-state index contributed by atoms with van der Waals surface area (Å²) in [6.07, 6.45) is 0. The van der Waals surface area contributed by atoms with Gasteiger partial charge in [-0.05, 0) is 20.2 Å². The summed E-state index contributed by atoms with van der Waals surface area (Å²) in [5, 5.41) is 3.09. The molecule has 1 N–H and O–H groups in total. The molecule has 1 unspecified atom stereocenters. The monoisotopic (exact) mass is 364 g/mol. The first kappa shape index (κ1) is 20.5. The standard InChI is InChI=1S/C19H32N4O3/c1-21-9-10-22(2)17(15-21)13-20-19(24)23(11-12-25-3)14-16-7-5-6-8-18(16)26-4/h5-8,17H,9-15H2,1-4H3,(H,20,24). The Morgan fingerprint density at radius 3 is 2.77 bits per heavy atom. The molecular weight excluding hydrogens is 332 g/mol. The van der Waals surface area contributed by atoms with Gasteiger partial charge < -0.3 is 24.6 Å². The molecule has 1 heterocycles. The van der Waals surface area contributed by atoms with Gasteiger partial charge in [-0.3, -0.25) is 4.90 Å². The average molecular weight is 364 g/mol. The molecule has 7 heteroatoms. The van der Waals surface area contributed by atoms with Gasteiger partial charge in [0.25, 0.3) is 0 Å². The van der Waals surface area contributed by atoms with Crippen LogP contribution in [0.3, 0.4) is 0 Å². The number of methoxy groups -OCH3 is 2. The minimum Gasteiger partial charge on any atom is -0.496 e. The number of para-hydroxylation sites is 1. The third-order valence-corrected chi connectivity index (χ3v) is 4.88. The van der Waals surface area contributed by atoms with Gasteiger partial charge in [-0.2, -0.15) is 0 Å². The highest BCUT2D eigenvalue weighted by atomic mass is 16.5. The number of piperazine rings is 1. The van der Waals surface area contributed by atoms with Crippen molar-refractivity contribution in [1.29, 1.82) is 0 Å². The first-order valence-electron chi connectivity index (χ1n) is 9.07. The topological polar surface area (TPSA) is 57.3 Å². The van der Waals surface area contributed by atoms with Crippen LogP contribution in [-0.2, 0) is 11.3 Å². The SMILES string of the molecule is COCCN(Cc1ccccc1OC)C(=O)NCC1CN(C)CCN1C. The molecule has 1 atom stereocenters. The highest BCUT2D eigenvalue weighted by Gasteiger charge is 2.23. The van der Waals surface area contributed by atoms with E-state index in [0.29, 0.717) is 32.3 Å². The number of urea groups is 1. The van der Waals surface area contributed by atoms with Gasteiger partial charge in [0.1, 0.15) is 5.75 Å². The molecule has 0 spiro atoms. The number of likely N-dealkylation sites (N-methyl/N-ethyl adjacent to an activating group) is 2. The van der Waals surface area contributed by atoms with Crippen molar-refractivity contribution in [3.8, 4) is 5.75 Å². The van der Waals surface area contributed by atoms with Crippen LogP contribution in [0.25, 0.3) is 0 Å². The summed E-state index contributed by atoms with van der Waals surface area (Å²) < 4.78 is 10.6. The number of nitrogens with zero attached hydrogens (tertiary/aromatic N) is 3. The van der Waals surface area contributed by atoms with Crippen molar-refractivity contribution >= 4 is 6.03 Å². The Bertz CT molecular complexity index is 569. The van der Waals surface area contributed by atoms with Crippen LogP contribution in [0.5, 0.6) is 5.75 Å². The van der Waals surface area contributed by atoms with Crippen LogP contribution in [0, 0.1) is 0 Å². The number of hydrogen-bond donors (Lipinski definition) is 1. The lowest BCUT2D eigenvalue weighted by atomic mass is 10.2. The van der Waals surface area contributed by atoms with E-state index in [1.165, 1.54) is 0 Å². The first-order chi connectivity index (χ1) is 12.5. The van der Waals surface area contributed by atoms with Crippen LogP contribution in [0.2, 0.25) is 0 Å². The molecule has 2 amide bonds. The van der Waals surface area contributed by atoms with Crippen molar-refractivity contribution in [2.45, 2.75) is 12.6 Å². The molecule has 1 fully saturated rings. The Labute approximate surface area is 156 Å². The van der Waals surface area contributed by atoms with E-state index in [2.05, 4.69) is 29.2 Å². The predicted octanol–water partition coefficient (Wildman–Crippen LogP) is 1.10. The van der Waals surface area contributed by atoms with Crippen molar-refractivity contribution in [2.24, 2.45) is 0 Å². The molecule has 1 saturated heterocycles. The van der Waals surface area contributed by atoms with Gasteiger partial charge in [0, 0.05) is 51.4 Å². The van der Waals surface area contributed by atoms with Crippen molar-refractivity contribution < 1.29 is 14.3 Å². The molecule has 0 aromatic heterocycles. The van der Waals surface area contributed by atoms with E-state index in [1.807, 2.05) is 24.3 Å². The van der Waals surface area contributed by atoms with E-state index < -0.39 is 0 Å². The maximum Gasteiger partial charge on any atom is 0.317 e. The fourth-order valence-electron chi connectivity index (χ4n) is 3.13. The zero-order valence-corrected chi connectivity index (χ0v) is 16.4. The van der Waals surface area contributed by atoms with Crippen LogP contribution in [-0.4, -0.2) is 94.4 Å². The number of carbonyl (C=O) groups is 1. The van der Waals surface area contributed by atoms with E-state index in [1.54, 1.807) is 19.1 Å². The summed E-state index contributed by atoms with van der Waals surface area (Å²) in [6, 6.07) is 8.03. The van der Waals surface area contributed by atoms with Gasteiger partial charge in [0.15, 0.2) is 0 Å². The number of amides is 2. The Hall–Kier alpha value is -1.83. The van der Waals surface area contributed by atoms with Crippen LogP contribution >= 0.6 is 0 Å². The molecule has 0 radical (unpaired) electrons. The zero-order valence-electron chi connectivity index (χ0n) is 16.4. The molecule has 1 aliphatic rings. The summed E-state index contributed by atoms with van der Waals surface area (Å²) in [7, 11) is 7.52. The Kier molecular flexibility index (Phi) is 8.15. The second kappa shape index (κ2) is 10.4. The molecule has 1 aromatic carbocycles. The normalized spacial score (nSPS) is 18.5. The van der Waals surface area contributed by atoms with Gasteiger partial charge in [-0.25, -0.2) is 4.79 Å². The van der Waals surface area contributed by atoms with Gasteiger partial charge in [0.2, 0.25) is 0 Å². The average Bonchev–Trinajstić information content (AvgIpc) is 2.65. The summed E-state index contributed by atoms with van der Waals surface area (Å²) in [6.45, 7) is 5.19. The second-order valence-electron chi connectivity index (χ2n) is 6.81. The molecule has 2 rings (SSSR count). The summed E-state index contributed by atoms with van der Waals surface area (Å²) in [4.78, 5) is 19.1. The van der Waals surface area contributed by atoms with Gasteiger partial charge >= 0.3 is 6.03 Å². The Morgan fingerprint density at radius 2 is 2.04 bits per heavy atom.